The van der Waals surface area contributed by atoms with Crippen LogP contribution >= 0.6 is 0 Å². The van der Waals surface area contributed by atoms with E-state index in [1.165, 1.54) is 6.21 Å². The molecule has 2 aromatic carbocycles. The molecule has 1 aromatic heterocycles. The lowest BCUT2D eigenvalue weighted by Crippen LogP contribution is -2.54. The number of carbonyl (C=O) groups is 4. The molecule has 1 unspecified atom stereocenters. The summed E-state index contributed by atoms with van der Waals surface area (Å²) in [6.07, 6.45) is 9.29. The fraction of sp³-hybridized carbons (Fsp3) is 0.432. The Labute approximate surface area is 291 Å². The molecule has 0 spiro atoms. The van der Waals surface area contributed by atoms with Gasteiger partial charge in [0, 0.05) is 74.5 Å². The van der Waals surface area contributed by atoms with E-state index in [0.717, 1.165) is 92.3 Å². The number of piperidine rings is 1. The van der Waals surface area contributed by atoms with Crippen LogP contribution in [0.25, 0.3) is 16.6 Å². The second kappa shape index (κ2) is 14.4. The van der Waals surface area contributed by atoms with E-state index in [4.69, 9.17) is 10.4 Å². The highest BCUT2D eigenvalue weighted by molar-refractivity contribution is 6.23. The topological polar surface area (TPSA) is 164 Å². The highest BCUT2D eigenvalue weighted by Gasteiger charge is 2.44. The molecule has 2 saturated heterocycles. The molecular formula is C37H43N9O4. The summed E-state index contributed by atoms with van der Waals surface area (Å²) >= 11 is 0. The lowest BCUT2D eigenvalue weighted by Gasteiger charge is -2.36. The van der Waals surface area contributed by atoms with Gasteiger partial charge in [0.25, 0.3) is 11.8 Å². The van der Waals surface area contributed by atoms with E-state index in [2.05, 4.69) is 49.8 Å². The molecule has 3 aromatic rings. The summed E-state index contributed by atoms with van der Waals surface area (Å²) in [6.45, 7) is 8.12. The smallest absolute Gasteiger partial charge is 0.262 e. The van der Waals surface area contributed by atoms with Gasteiger partial charge in [0.1, 0.15) is 6.04 Å². The molecule has 0 radical (unpaired) electrons. The van der Waals surface area contributed by atoms with E-state index in [1.54, 1.807) is 24.4 Å². The van der Waals surface area contributed by atoms with Crippen molar-refractivity contribution in [1.29, 1.82) is 5.41 Å². The maximum absolute atomic E-state index is 13.1. The highest BCUT2D eigenvalue weighted by atomic mass is 16.2. The van der Waals surface area contributed by atoms with Crippen LogP contribution in [0, 0.1) is 11.3 Å². The van der Waals surface area contributed by atoms with Gasteiger partial charge >= 0.3 is 0 Å². The summed E-state index contributed by atoms with van der Waals surface area (Å²) in [6, 6.07) is 10.7. The number of hydrogen-bond acceptors (Lipinski definition) is 11. The number of allylic oxidation sites excluding steroid dienone is 1. The number of fused-ring (bicyclic) bond motifs is 2. The van der Waals surface area contributed by atoms with Gasteiger partial charge in [-0.15, -0.1) is 0 Å². The SMILES string of the molecule is CCN1CCN(c2ccc3ncc(/C(C=N)=C/NC4CC(CCCNc5ccc6c(c5)C(=O)N(C5CCC(=O)NC5=O)C6=O)C4)nc3c2)CC1. The Morgan fingerprint density at radius 3 is 2.56 bits per heavy atom. The van der Waals surface area contributed by atoms with Crippen molar-refractivity contribution in [2.24, 2.45) is 5.92 Å². The van der Waals surface area contributed by atoms with Crippen molar-refractivity contribution in [3.63, 3.8) is 0 Å². The van der Waals surface area contributed by atoms with Crippen LogP contribution in [0.1, 0.15) is 71.9 Å². The number of amides is 4. The standard InChI is InChI=1S/C37H43N9O4/c1-2-44-12-14-45(15-13-44)27-6-8-30-31(19-27)42-32(22-41-30)24(20-38)21-40-26-16-23(17-26)4-3-11-39-25-5-7-28-29(18-25)37(50)46(36(28)49)33-9-10-34(47)43-35(33)48/h5-8,18-23,26,33,38-40H,2-4,9-17H2,1H3,(H,43,47,48)/b24-21+,38-20?. The Morgan fingerprint density at radius 2 is 1.80 bits per heavy atom. The average Bonchev–Trinajstić information content (AvgIpc) is 3.36. The molecular weight excluding hydrogens is 634 g/mol. The van der Waals surface area contributed by atoms with Gasteiger partial charge in [-0.3, -0.25) is 34.4 Å². The number of likely N-dealkylation sites (N-methyl/N-ethyl adjacent to an activating group) is 1. The van der Waals surface area contributed by atoms with E-state index in [1.807, 2.05) is 12.3 Å². The van der Waals surface area contributed by atoms with Crippen molar-refractivity contribution in [2.75, 3.05) is 49.5 Å². The second-order valence-electron chi connectivity index (χ2n) is 13.6. The van der Waals surface area contributed by atoms with Crippen LogP contribution in [0.3, 0.4) is 0 Å². The van der Waals surface area contributed by atoms with Gasteiger partial charge in [-0.2, -0.15) is 0 Å². The number of nitrogens with zero attached hydrogens (tertiary/aromatic N) is 5. The number of rotatable bonds is 12. The van der Waals surface area contributed by atoms with Crippen molar-refractivity contribution in [2.45, 2.75) is 57.5 Å². The minimum absolute atomic E-state index is 0.0922. The number of anilines is 2. The number of nitrogens with one attached hydrogen (secondary N) is 4. The minimum atomic E-state index is -0.970. The normalized spacial score (nSPS) is 22.7. The first-order valence-corrected chi connectivity index (χ1v) is 17.6. The predicted octanol–water partition coefficient (Wildman–Crippen LogP) is 3.42. The largest absolute Gasteiger partial charge is 0.388 e. The minimum Gasteiger partial charge on any atom is -0.388 e. The zero-order valence-electron chi connectivity index (χ0n) is 28.3. The van der Waals surface area contributed by atoms with Crippen molar-refractivity contribution in [3.05, 3.63) is 65.6 Å². The maximum atomic E-state index is 13.1. The first-order chi connectivity index (χ1) is 24.3. The van der Waals surface area contributed by atoms with E-state index < -0.39 is 29.7 Å². The molecule has 50 heavy (non-hydrogen) atoms. The molecule has 13 heteroatoms. The molecule has 1 atom stereocenters. The van der Waals surface area contributed by atoms with Crippen LogP contribution in [0.4, 0.5) is 11.4 Å². The Bertz CT molecular complexity index is 1860. The summed E-state index contributed by atoms with van der Waals surface area (Å²) in [4.78, 5) is 65.2. The first kappa shape index (κ1) is 33.3. The molecule has 3 aliphatic heterocycles. The maximum Gasteiger partial charge on any atom is 0.262 e. The van der Waals surface area contributed by atoms with Crippen molar-refractivity contribution in [3.8, 4) is 0 Å². The van der Waals surface area contributed by atoms with E-state index in [0.29, 0.717) is 23.2 Å². The third-order valence-electron chi connectivity index (χ3n) is 10.4. The molecule has 3 fully saturated rings. The lowest BCUT2D eigenvalue weighted by atomic mass is 9.77. The summed E-state index contributed by atoms with van der Waals surface area (Å²) in [5.41, 5.74) is 5.50. The Balaban J connectivity index is 0.866. The van der Waals surface area contributed by atoms with Crippen LogP contribution in [0.5, 0.6) is 0 Å². The van der Waals surface area contributed by atoms with E-state index in [-0.39, 0.29) is 24.0 Å². The quantitative estimate of drug-likeness (QED) is 0.127. The molecule has 4 aliphatic rings. The number of hydrogen-bond donors (Lipinski definition) is 4. The number of benzene rings is 2. The van der Waals surface area contributed by atoms with E-state index in [9.17, 15) is 19.2 Å². The molecule has 7 rings (SSSR count). The van der Waals surface area contributed by atoms with Crippen molar-refractivity contribution >= 4 is 57.8 Å². The average molecular weight is 678 g/mol. The van der Waals surface area contributed by atoms with Gasteiger partial charge in [-0.1, -0.05) is 6.92 Å². The number of imide groups is 2. The van der Waals surface area contributed by atoms with Gasteiger partial charge in [0.05, 0.1) is 34.1 Å². The molecule has 0 bridgehead atoms. The Hall–Kier alpha value is -5.17. The monoisotopic (exact) mass is 677 g/mol. The molecule has 1 aliphatic carbocycles. The summed E-state index contributed by atoms with van der Waals surface area (Å²) in [5.74, 6) is -1.41. The summed E-state index contributed by atoms with van der Waals surface area (Å²) < 4.78 is 0. The highest BCUT2D eigenvalue weighted by Crippen LogP contribution is 2.33. The zero-order valence-corrected chi connectivity index (χ0v) is 28.3. The number of aromatic nitrogens is 2. The van der Waals surface area contributed by atoms with Gasteiger partial charge in [0.15, 0.2) is 0 Å². The summed E-state index contributed by atoms with van der Waals surface area (Å²) in [5, 5.41) is 17.1. The predicted molar refractivity (Wildman–Crippen MR) is 191 cm³/mol. The molecule has 260 valence electrons. The van der Waals surface area contributed by atoms with Crippen LogP contribution < -0.4 is 20.9 Å². The number of carbonyl (C=O) groups excluding carboxylic acids is 4. The fourth-order valence-electron chi connectivity index (χ4n) is 7.37. The lowest BCUT2D eigenvalue weighted by molar-refractivity contribution is -0.136. The third-order valence-corrected chi connectivity index (χ3v) is 10.4. The van der Waals surface area contributed by atoms with Gasteiger partial charge in [-0.05, 0) is 81.0 Å². The van der Waals surface area contributed by atoms with Gasteiger partial charge in [0.2, 0.25) is 11.8 Å². The molecule has 1 saturated carbocycles. The van der Waals surface area contributed by atoms with Crippen LogP contribution in [0.2, 0.25) is 0 Å². The first-order valence-electron chi connectivity index (χ1n) is 17.6. The fourth-order valence-corrected chi connectivity index (χ4v) is 7.37. The molecule has 4 N–H and O–H groups in total. The van der Waals surface area contributed by atoms with Crippen LogP contribution in [-0.4, -0.2) is 101 Å². The Morgan fingerprint density at radius 1 is 1.00 bits per heavy atom. The second-order valence-corrected chi connectivity index (χ2v) is 13.6. The van der Waals surface area contributed by atoms with Crippen LogP contribution in [0.15, 0.2) is 48.8 Å². The van der Waals surface area contributed by atoms with Gasteiger partial charge in [-0.25, -0.2) is 4.98 Å². The van der Waals surface area contributed by atoms with Crippen molar-refractivity contribution < 1.29 is 19.2 Å². The third kappa shape index (κ3) is 6.82. The molecule has 4 heterocycles. The van der Waals surface area contributed by atoms with Crippen molar-refractivity contribution in [1.82, 2.24) is 30.4 Å². The Kier molecular flexibility index (Phi) is 9.57. The zero-order chi connectivity index (χ0) is 34.8. The van der Waals surface area contributed by atoms with Crippen LogP contribution in [-0.2, 0) is 9.59 Å². The molecule has 13 nitrogen and oxygen atoms in total. The van der Waals surface area contributed by atoms with Gasteiger partial charge < -0.3 is 25.8 Å². The summed E-state index contributed by atoms with van der Waals surface area (Å²) in [7, 11) is 0. The van der Waals surface area contributed by atoms with E-state index >= 15 is 0 Å². The molecule has 4 amide bonds. The number of piperazine rings is 1.